The van der Waals surface area contributed by atoms with Crippen molar-refractivity contribution in [1.29, 1.82) is 0 Å². The van der Waals surface area contributed by atoms with Gasteiger partial charge in [0.05, 0.1) is 12.6 Å². The van der Waals surface area contributed by atoms with Gasteiger partial charge in [-0.1, -0.05) is 12.0 Å². The highest BCUT2D eigenvalue weighted by Gasteiger charge is 2.27. The summed E-state index contributed by atoms with van der Waals surface area (Å²) in [4.78, 5) is 0. The summed E-state index contributed by atoms with van der Waals surface area (Å²) in [6, 6.07) is -0.586. The van der Waals surface area contributed by atoms with Crippen molar-refractivity contribution in [2.24, 2.45) is 0 Å². The van der Waals surface area contributed by atoms with Gasteiger partial charge in [-0.3, -0.25) is 5.32 Å². The van der Waals surface area contributed by atoms with E-state index in [2.05, 4.69) is 23.7 Å². The lowest BCUT2D eigenvalue weighted by atomic mass is 10.3. The van der Waals surface area contributed by atoms with Crippen LogP contribution in [0, 0.1) is 11.8 Å². The van der Waals surface area contributed by atoms with E-state index >= 15 is 0 Å². The molecule has 4 heteroatoms. The highest BCUT2D eigenvalue weighted by atomic mass is 19.4. The molecule has 0 aliphatic carbocycles. The standard InChI is InChI=1S/C8H10F3N/c1-3-5-7(4-2)12-6-8(9,10)11/h4,7,12H,2,6H2,1H3. The van der Waals surface area contributed by atoms with Gasteiger partial charge >= 0.3 is 6.18 Å². The average molecular weight is 177 g/mol. The fourth-order valence-corrected chi connectivity index (χ4v) is 0.574. The summed E-state index contributed by atoms with van der Waals surface area (Å²) in [5, 5.41) is 2.19. The highest BCUT2D eigenvalue weighted by molar-refractivity contribution is 5.12. The molecular formula is C8H10F3N. The van der Waals surface area contributed by atoms with Crippen LogP contribution in [0.2, 0.25) is 0 Å². The fraction of sp³-hybridized carbons (Fsp3) is 0.500. The Morgan fingerprint density at radius 3 is 2.50 bits per heavy atom. The van der Waals surface area contributed by atoms with Crippen LogP contribution in [-0.4, -0.2) is 18.8 Å². The van der Waals surface area contributed by atoms with E-state index in [1.165, 1.54) is 6.08 Å². The predicted molar refractivity (Wildman–Crippen MR) is 41.5 cm³/mol. The van der Waals surface area contributed by atoms with E-state index in [1.807, 2.05) is 0 Å². The molecule has 1 unspecified atom stereocenters. The first-order valence-electron chi connectivity index (χ1n) is 3.34. The monoisotopic (exact) mass is 177 g/mol. The Bertz CT molecular complexity index is 197. The normalized spacial score (nSPS) is 13.0. The van der Waals surface area contributed by atoms with Gasteiger partial charge in [0.15, 0.2) is 0 Å². The summed E-state index contributed by atoms with van der Waals surface area (Å²) in [6.45, 7) is 3.87. The van der Waals surface area contributed by atoms with Crippen LogP contribution in [0.15, 0.2) is 12.7 Å². The molecule has 1 N–H and O–H groups in total. The van der Waals surface area contributed by atoms with Crippen LogP contribution in [0.5, 0.6) is 0 Å². The lowest BCUT2D eigenvalue weighted by Crippen LogP contribution is -2.35. The molecular weight excluding hydrogens is 167 g/mol. The molecule has 0 aliphatic rings. The third kappa shape index (κ3) is 5.81. The van der Waals surface area contributed by atoms with Crippen molar-refractivity contribution in [2.75, 3.05) is 6.54 Å². The molecule has 0 bridgehead atoms. The van der Waals surface area contributed by atoms with Gasteiger partial charge in [0.1, 0.15) is 0 Å². The van der Waals surface area contributed by atoms with Gasteiger partial charge in [-0.05, 0) is 6.92 Å². The summed E-state index contributed by atoms with van der Waals surface area (Å²) in [6.07, 6.45) is -2.86. The van der Waals surface area contributed by atoms with Crippen molar-refractivity contribution >= 4 is 0 Å². The minimum Gasteiger partial charge on any atom is -0.292 e. The third-order valence-electron chi connectivity index (χ3n) is 1.06. The molecule has 1 nitrogen and oxygen atoms in total. The smallest absolute Gasteiger partial charge is 0.292 e. The third-order valence-corrected chi connectivity index (χ3v) is 1.06. The Hall–Kier alpha value is -0.950. The minimum absolute atomic E-state index is 0.586. The first-order valence-corrected chi connectivity index (χ1v) is 3.34. The van der Waals surface area contributed by atoms with Crippen molar-refractivity contribution in [3.05, 3.63) is 12.7 Å². The molecule has 0 aromatic carbocycles. The number of halogens is 3. The van der Waals surface area contributed by atoms with Gasteiger partial charge in [-0.25, -0.2) is 0 Å². The number of alkyl halides is 3. The molecule has 0 saturated carbocycles. The van der Waals surface area contributed by atoms with Gasteiger partial charge in [0, 0.05) is 0 Å². The SMILES string of the molecule is C=CC(C#CC)NCC(F)(F)F. The molecule has 1 atom stereocenters. The van der Waals surface area contributed by atoms with Crippen LogP contribution in [-0.2, 0) is 0 Å². The van der Waals surface area contributed by atoms with Crippen molar-refractivity contribution in [1.82, 2.24) is 5.32 Å². The molecule has 0 amide bonds. The number of nitrogens with one attached hydrogen (secondary N) is 1. The Kier molecular flexibility index (Phi) is 4.45. The molecule has 0 spiro atoms. The number of hydrogen-bond donors (Lipinski definition) is 1. The molecule has 0 aromatic rings. The van der Waals surface area contributed by atoms with Gasteiger partial charge in [0.2, 0.25) is 0 Å². The van der Waals surface area contributed by atoms with Crippen LogP contribution in [0.25, 0.3) is 0 Å². The van der Waals surface area contributed by atoms with Crippen molar-refractivity contribution < 1.29 is 13.2 Å². The van der Waals surface area contributed by atoms with Gasteiger partial charge < -0.3 is 0 Å². The molecule has 0 radical (unpaired) electrons. The Balaban J connectivity index is 3.86. The first kappa shape index (κ1) is 11.1. The molecule has 12 heavy (non-hydrogen) atoms. The molecule has 0 fully saturated rings. The maximum atomic E-state index is 11.6. The van der Waals surface area contributed by atoms with Crippen molar-refractivity contribution in [3.8, 4) is 11.8 Å². The summed E-state index contributed by atoms with van der Waals surface area (Å²) in [7, 11) is 0. The molecule has 68 valence electrons. The Morgan fingerprint density at radius 2 is 2.17 bits per heavy atom. The zero-order chi connectivity index (χ0) is 9.61. The van der Waals surface area contributed by atoms with Crippen molar-refractivity contribution in [2.45, 2.75) is 19.1 Å². The van der Waals surface area contributed by atoms with E-state index in [-0.39, 0.29) is 0 Å². The fourth-order valence-electron chi connectivity index (χ4n) is 0.574. The summed E-state index contributed by atoms with van der Waals surface area (Å²) >= 11 is 0. The van der Waals surface area contributed by atoms with Crippen LogP contribution < -0.4 is 5.32 Å². The van der Waals surface area contributed by atoms with Gasteiger partial charge in [-0.15, -0.1) is 12.5 Å². The van der Waals surface area contributed by atoms with Crippen LogP contribution in [0.4, 0.5) is 13.2 Å². The Labute approximate surface area is 69.6 Å². The second kappa shape index (κ2) is 4.83. The van der Waals surface area contributed by atoms with Crippen molar-refractivity contribution in [3.63, 3.8) is 0 Å². The van der Waals surface area contributed by atoms with Crippen LogP contribution in [0.1, 0.15) is 6.92 Å². The number of rotatable bonds is 3. The zero-order valence-electron chi connectivity index (χ0n) is 6.70. The zero-order valence-corrected chi connectivity index (χ0v) is 6.70. The largest absolute Gasteiger partial charge is 0.401 e. The first-order chi connectivity index (χ1) is 5.49. The van der Waals surface area contributed by atoms with E-state index in [0.29, 0.717) is 0 Å². The molecule has 0 aliphatic heterocycles. The molecule has 0 aromatic heterocycles. The average Bonchev–Trinajstić information content (AvgIpc) is 1.96. The predicted octanol–water partition coefficient (Wildman–Crippen LogP) is 1.72. The summed E-state index contributed by atoms with van der Waals surface area (Å²) < 4.78 is 34.9. The Morgan fingerprint density at radius 1 is 1.58 bits per heavy atom. The van der Waals surface area contributed by atoms with E-state index in [0.717, 1.165) is 0 Å². The van der Waals surface area contributed by atoms with E-state index in [1.54, 1.807) is 6.92 Å². The van der Waals surface area contributed by atoms with E-state index < -0.39 is 18.8 Å². The molecule has 0 saturated heterocycles. The van der Waals surface area contributed by atoms with Gasteiger partial charge in [-0.2, -0.15) is 13.2 Å². The summed E-state index contributed by atoms with van der Waals surface area (Å²) in [5.41, 5.74) is 0. The quantitative estimate of drug-likeness (QED) is 0.511. The van der Waals surface area contributed by atoms with E-state index in [4.69, 9.17) is 0 Å². The maximum Gasteiger partial charge on any atom is 0.401 e. The minimum atomic E-state index is -4.20. The van der Waals surface area contributed by atoms with Gasteiger partial charge in [0.25, 0.3) is 0 Å². The highest BCUT2D eigenvalue weighted by Crippen LogP contribution is 2.12. The summed E-state index contributed by atoms with van der Waals surface area (Å²) in [5.74, 6) is 5.03. The maximum absolute atomic E-state index is 11.6. The number of hydrogen-bond acceptors (Lipinski definition) is 1. The lowest BCUT2D eigenvalue weighted by Gasteiger charge is -2.10. The lowest BCUT2D eigenvalue weighted by molar-refractivity contribution is -0.125. The molecule has 0 heterocycles. The molecule has 0 rings (SSSR count). The topological polar surface area (TPSA) is 12.0 Å². The second-order valence-corrected chi connectivity index (χ2v) is 2.10. The van der Waals surface area contributed by atoms with Crippen LogP contribution in [0.3, 0.4) is 0 Å². The van der Waals surface area contributed by atoms with E-state index in [9.17, 15) is 13.2 Å². The second-order valence-electron chi connectivity index (χ2n) is 2.10. The van der Waals surface area contributed by atoms with Crippen LogP contribution >= 0.6 is 0 Å².